The second-order valence-electron chi connectivity index (χ2n) is 10.7. The topological polar surface area (TPSA) is 77.8 Å². The van der Waals surface area contributed by atoms with Crippen molar-refractivity contribution in [3.8, 4) is 0 Å². The Labute approximate surface area is 170 Å². The number of rotatable bonds is 5. The second kappa shape index (κ2) is 8.26. The van der Waals surface area contributed by atoms with Gasteiger partial charge in [-0.2, -0.15) is 0 Å². The molecule has 0 spiro atoms. The number of carboxylic acids is 1. The second-order valence-corrected chi connectivity index (χ2v) is 10.7. The van der Waals surface area contributed by atoms with Gasteiger partial charge in [-0.15, -0.1) is 0 Å². The highest BCUT2D eigenvalue weighted by Gasteiger charge is 2.57. The summed E-state index contributed by atoms with van der Waals surface area (Å²) in [6.07, 6.45) is 9.66. The average molecular weight is 393 g/mol. The summed E-state index contributed by atoms with van der Waals surface area (Å²) in [7, 11) is 0. The lowest BCUT2D eigenvalue weighted by Gasteiger charge is -2.58. The zero-order valence-corrected chi connectivity index (χ0v) is 17.7. The van der Waals surface area contributed by atoms with E-state index < -0.39 is 5.97 Å². The normalized spacial score (nSPS) is 49.0. The van der Waals surface area contributed by atoms with Gasteiger partial charge in [0.1, 0.15) is 0 Å². The van der Waals surface area contributed by atoms with Gasteiger partial charge in [0.25, 0.3) is 0 Å². The average Bonchev–Trinajstić information content (AvgIpc) is 3.10. The minimum absolute atomic E-state index is 0.165. The molecule has 3 N–H and O–H groups in total. The highest BCUT2D eigenvalue weighted by Crippen LogP contribution is 2.61. The molecule has 4 saturated carbocycles. The summed E-state index contributed by atoms with van der Waals surface area (Å²) in [5.74, 6) is 4.40. The van der Waals surface area contributed by atoms with Crippen molar-refractivity contribution in [2.45, 2.75) is 90.3 Å². The van der Waals surface area contributed by atoms with E-state index in [9.17, 15) is 15.0 Å². The number of hydrogen-bond acceptors (Lipinski definition) is 3. The summed E-state index contributed by atoms with van der Waals surface area (Å²) < 4.78 is 0. The van der Waals surface area contributed by atoms with Crippen LogP contribution in [-0.4, -0.2) is 33.5 Å². The van der Waals surface area contributed by atoms with E-state index >= 15 is 0 Å². The predicted octanol–water partition coefficient (Wildman–Crippen LogP) is 4.33. The molecular formula is C24H40O4. The monoisotopic (exact) mass is 392 g/mol. The summed E-state index contributed by atoms with van der Waals surface area (Å²) in [5, 5.41) is 30.8. The highest BCUT2D eigenvalue weighted by molar-refractivity contribution is 5.66. The van der Waals surface area contributed by atoms with Gasteiger partial charge in [-0.25, -0.2) is 0 Å². The molecule has 0 aromatic heterocycles. The fraction of sp³-hybridized carbons (Fsp3) is 0.958. The minimum atomic E-state index is -0.677. The van der Waals surface area contributed by atoms with Crippen LogP contribution in [-0.2, 0) is 4.79 Å². The van der Waals surface area contributed by atoms with Gasteiger partial charge in [-0.1, -0.05) is 20.3 Å². The third-order valence-corrected chi connectivity index (χ3v) is 9.63. The van der Waals surface area contributed by atoms with Crippen molar-refractivity contribution < 1.29 is 20.1 Å². The Morgan fingerprint density at radius 2 is 1.57 bits per heavy atom. The summed E-state index contributed by atoms with van der Waals surface area (Å²) >= 11 is 0. The molecule has 4 aliphatic carbocycles. The van der Waals surface area contributed by atoms with Crippen molar-refractivity contribution in [1.29, 1.82) is 0 Å². The van der Waals surface area contributed by atoms with Crippen molar-refractivity contribution in [1.82, 2.24) is 0 Å². The Balaban J connectivity index is 1.52. The highest BCUT2D eigenvalue weighted by atomic mass is 16.4. The zero-order valence-electron chi connectivity index (χ0n) is 17.7. The molecule has 0 bridgehead atoms. The van der Waals surface area contributed by atoms with E-state index in [1.54, 1.807) is 0 Å². The van der Waals surface area contributed by atoms with Crippen LogP contribution in [0.15, 0.2) is 0 Å². The largest absolute Gasteiger partial charge is 0.481 e. The van der Waals surface area contributed by atoms with Gasteiger partial charge in [0, 0.05) is 6.42 Å². The van der Waals surface area contributed by atoms with Gasteiger partial charge in [-0.3, -0.25) is 4.79 Å². The molecule has 0 radical (unpaired) electrons. The molecule has 0 amide bonds. The van der Waals surface area contributed by atoms with Crippen LogP contribution >= 0.6 is 0 Å². The molecule has 160 valence electrons. The van der Waals surface area contributed by atoms with Crippen LogP contribution in [0.4, 0.5) is 0 Å². The lowest BCUT2D eigenvalue weighted by Crippen LogP contribution is -2.56. The Morgan fingerprint density at radius 3 is 2.29 bits per heavy atom. The van der Waals surface area contributed by atoms with Gasteiger partial charge in [-0.05, 0) is 105 Å². The van der Waals surface area contributed by atoms with E-state index in [4.69, 9.17) is 5.11 Å². The Morgan fingerprint density at radius 1 is 0.929 bits per heavy atom. The molecule has 0 aromatic rings. The first-order valence-electron chi connectivity index (χ1n) is 12.0. The molecule has 4 heteroatoms. The number of aliphatic hydroxyl groups is 2. The molecule has 7 unspecified atom stereocenters. The summed E-state index contributed by atoms with van der Waals surface area (Å²) in [5.41, 5.74) is 0. The first kappa shape index (κ1) is 20.7. The number of fused-ring (bicyclic) bond motifs is 5. The third-order valence-electron chi connectivity index (χ3n) is 9.63. The van der Waals surface area contributed by atoms with Gasteiger partial charge in [0.05, 0.1) is 12.2 Å². The molecule has 0 aliphatic heterocycles. The summed E-state index contributed by atoms with van der Waals surface area (Å²) in [6, 6.07) is 0. The van der Waals surface area contributed by atoms with Crippen molar-refractivity contribution in [2.24, 2.45) is 53.3 Å². The van der Waals surface area contributed by atoms with Crippen molar-refractivity contribution >= 4 is 5.97 Å². The number of carbonyl (C=O) groups is 1. The standard InChI is InChI=1S/C24H40O4/c1-3-15-21-12-14(25)5-6-18(21)20-10-8-17-16(13(2)4-11-22(26)27)7-9-19(17)23(20)24(15)28/h13-21,23-25,28H,3-12H2,1-2H3,(H,26,27)/t13?,14-,15+,16-,17?,18?,19?,20?,21?,23?,24+/m1/s1. The molecule has 0 saturated heterocycles. The van der Waals surface area contributed by atoms with Crippen LogP contribution in [0.3, 0.4) is 0 Å². The fourth-order valence-corrected chi connectivity index (χ4v) is 8.52. The molecule has 0 aromatic carbocycles. The molecule has 4 nitrogen and oxygen atoms in total. The van der Waals surface area contributed by atoms with Crippen molar-refractivity contribution in [2.75, 3.05) is 0 Å². The van der Waals surface area contributed by atoms with E-state index in [-0.39, 0.29) is 18.6 Å². The van der Waals surface area contributed by atoms with Crippen LogP contribution in [0.2, 0.25) is 0 Å². The number of hydrogen-bond donors (Lipinski definition) is 3. The lowest BCUT2D eigenvalue weighted by atomic mass is 9.49. The van der Waals surface area contributed by atoms with Gasteiger partial charge >= 0.3 is 5.97 Å². The number of carboxylic acid groups (broad SMARTS) is 1. The summed E-state index contributed by atoms with van der Waals surface area (Å²) in [6.45, 7) is 4.48. The fourth-order valence-electron chi connectivity index (χ4n) is 8.52. The number of aliphatic hydroxyl groups excluding tert-OH is 2. The van der Waals surface area contributed by atoms with E-state index in [0.717, 1.165) is 32.1 Å². The van der Waals surface area contributed by atoms with Crippen LogP contribution in [0, 0.1) is 53.3 Å². The molecule has 0 heterocycles. The maximum atomic E-state index is 11.5. The predicted molar refractivity (Wildman–Crippen MR) is 109 cm³/mol. The van der Waals surface area contributed by atoms with Crippen LogP contribution in [0.25, 0.3) is 0 Å². The zero-order chi connectivity index (χ0) is 20.0. The molecule has 11 atom stereocenters. The molecule has 28 heavy (non-hydrogen) atoms. The van der Waals surface area contributed by atoms with Crippen LogP contribution < -0.4 is 0 Å². The van der Waals surface area contributed by atoms with E-state index in [0.29, 0.717) is 53.3 Å². The first-order valence-corrected chi connectivity index (χ1v) is 12.0. The molecular weight excluding hydrogens is 352 g/mol. The Kier molecular flexibility index (Phi) is 6.09. The Bertz CT molecular complexity index is 563. The Hall–Kier alpha value is -0.610. The number of aliphatic carboxylic acids is 1. The SMILES string of the molecule is CC[C@H]1C2C[C@H](O)CCC2C2CCC3C(CC[C@@H]3C(C)CCC(=O)O)C2[C@H]1O. The maximum absolute atomic E-state index is 11.5. The van der Waals surface area contributed by atoms with Gasteiger partial charge in [0.2, 0.25) is 0 Å². The van der Waals surface area contributed by atoms with E-state index in [1.807, 2.05) is 0 Å². The molecule has 4 rings (SSSR count). The van der Waals surface area contributed by atoms with Gasteiger partial charge in [0.15, 0.2) is 0 Å². The smallest absolute Gasteiger partial charge is 0.303 e. The third kappa shape index (κ3) is 3.53. The van der Waals surface area contributed by atoms with Crippen molar-refractivity contribution in [3.63, 3.8) is 0 Å². The maximum Gasteiger partial charge on any atom is 0.303 e. The van der Waals surface area contributed by atoms with Crippen LogP contribution in [0.5, 0.6) is 0 Å². The molecule has 4 aliphatic rings. The lowest BCUT2D eigenvalue weighted by molar-refractivity contribution is -0.151. The van der Waals surface area contributed by atoms with E-state index in [1.165, 1.54) is 25.7 Å². The van der Waals surface area contributed by atoms with E-state index in [2.05, 4.69) is 13.8 Å². The molecule has 4 fully saturated rings. The first-order chi connectivity index (χ1) is 13.4. The van der Waals surface area contributed by atoms with Crippen LogP contribution in [0.1, 0.15) is 78.1 Å². The quantitative estimate of drug-likeness (QED) is 0.651. The van der Waals surface area contributed by atoms with Gasteiger partial charge < -0.3 is 15.3 Å². The minimum Gasteiger partial charge on any atom is -0.481 e. The van der Waals surface area contributed by atoms with Crippen molar-refractivity contribution in [3.05, 3.63) is 0 Å². The summed E-state index contributed by atoms with van der Waals surface area (Å²) in [4.78, 5) is 11.0.